The van der Waals surface area contributed by atoms with E-state index >= 15 is 0 Å². The highest BCUT2D eigenvalue weighted by molar-refractivity contribution is 7.98. The number of nitrogens with zero attached hydrogens (tertiary/aromatic N) is 5. The van der Waals surface area contributed by atoms with Crippen molar-refractivity contribution in [1.82, 2.24) is 24.6 Å². The first kappa shape index (κ1) is 12.7. The summed E-state index contributed by atoms with van der Waals surface area (Å²) in [5.41, 5.74) is 6.07. The monoisotopic (exact) mass is 294 g/mol. The lowest BCUT2D eigenvalue weighted by molar-refractivity contribution is 0.509. The van der Waals surface area contributed by atoms with Crippen LogP contribution in [0.1, 0.15) is 0 Å². The van der Waals surface area contributed by atoms with Crippen molar-refractivity contribution in [3.05, 3.63) is 29.8 Å². The van der Waals surface area contributed by atoms with E-state index < -0.39 is 11.6 Å². The van der Waals surface area contributed by atoms with Crippen LogP contribution in [0.15, 0.2) is 23.4 Å². The second-order valence-corrected chi connectivity index (χ2v) is 4.62. The molecule has 1 aromatic carbocycles. The Morgan fingerprint density at radius 2 is 1.95 bits per heavy atom. The lowest BCUT2D eigenvalue weighted by Crippen LogP contribution is -2.04. The van der Waals surface area contributed by atoms with Crippen LogP contribution in [-0.4, -0.2) is 30.8 Å². The van der Waals surface area contributed by atoms with Gasteiger partial charge in [0.25, 0.3) is 5.78 Å². The Morgan fingerprint density at radius 3 is 2.65 bits per heavy atom. The number of rotatable bonds is 2. The van der Waals surface area contributed by atoms with Gasteiger partial charge in [0.15, 0.2) is 22.6 Å². The molecule has 2 aromatic heterocycles. The highest BCUT2D eigenvalue weighted by Crippen LogP contribution is 2.20. The standard InChI is InChI=1S/C11H8F2N6S/c1-20-11-16-9(14)19-10(17-11)15-8(18-19)5-2-3-6(12)7(13)4-5/h2-4H,1H3,(H2,14,15,16,17,18). The predicted molar refractivity (Wildman–Crippen MR) is 70.1 cm³/mol. The van der Waals surface area contributed by atoms with Crippen molar-refractivity contribution in [3.8, 4) is 11.4 Å². The normalized spacial score (nSPS) is 11.2. The number of anilines is 1. The summed E-state index contributed by atoms with van der Waals surface area (Å²) in [5, 5.41) is 4.54. The van der Waals surface area contributed by atoms with Crippen molar-refractivity contribution in [2.45, 2.75) is 5.16 Å². The summed E-state index contributed by atoms with van der Waals surface area (Å²) in [6.45, 7) is 0. The fourth-order valence-corrected chi connectivity index (χ4v) is 1.99. The first-order valence-electron chi connectivity index (χ1n) is 5.48. The zero-order valence-corrected chi connectivity index (χ0v) is 11.0. The summed E-state index contributed by atoms with van der Waals surface area (Å²) < 4.78 is 27.4. The Bertz CT molecular complexity index is 803. The predicted octanol–water partition coefficient (Wildman–Crippen LogP) is 1.77. The lowest BCUT2D eigenvalue weighted by atomic mass is 10.2. The Kier molecular flexibility index (Phi) is 2.97. The zero-order chi connectivity index (χ0) is 14.3. The van der Waals surface area contributed by atoms with E-state index in [-0.39, 0.29) is 17.6 Å². The number of thioether (sulfide) groups is 1. The molecule has 0 aliphatic rings. The van der Waals surface area contributed by atoms with Gasteiger partial charge in [0, 0.05) is 5.56 Å². The summed E-state index contributed by atoms with van der Waals surface area (Å²) in [7, 11) is 0. The average Bonchev–Trinajstić information content (AvgIpc) is 2.86. The van der Waals surface area contributed by atoms with Crippen LogP contribution in [-0.2, 0) is 0 Å². The second-order valence-electron chi connectivity index (χ2n) is 3.84. The van der Waals surface area contributed by atoms with Gasteiger partial charge >= 0.3 is 0 Å². The minimum atomic E-state index is -0.967. The van der Waals surface area contributed by atoms with Gasteiger partial charge in [-0.15, -0.1) is 5.10 Å². The number of nitrogens with two attached hydrogens (primary N) is 1. The van der Waals surface area contributed by atoms with Crippen LogP contribution < -0.4 is 5.73 Å². The van der Waals surface area contributed by atoms with E-state index in [1.54, 1.807) is 6.26 Å². The number of hydrogen-bond donors (Lipinski definition) is 1. The van der Waals surface area contributed by atoms with Crippen LogP contribution >= 0.6 is 11.8 Å². The van der Waals surface area contributed by atoms with E-state index in [1.807, 2.05) is 0 Å². The molecule has 0 fully saturated rings. The third-order valence-corrected chi connectivity index (χ3v) is 3.12. The molecule has 3 rings (SSSR count). The fourth-order valence-electron chi connectivity index (χ4n) is 1.63. The number of benzene rings is 1. The molecule has 102 valence electrons. The van der Waals surface area contributed by atoms with Crippen molar-refractivity contribution in [2.75, 3.05) is 12.0 Å². The summed E-state index contributed by atoms with van der Waals surface area (Å²) in [4.78, 5) is 12.3. The molecule has 0 saturated heterocycles. The van der Waals surface area contributed by atoms with Crippen molar-refractivity contribution in [2.24, 2.45) is 0 Å². The third-order valence-electron chi connectivity index (χ3n) is 2.57. The third kappa shape index (κ3) is 2.05. The van der Waals surface area contributed by atoms with E-state index in [1.165, 1.54) is 22.3 Å². The van der Waals surface area contributed by atoms with Crippen molar-refractivity contribution in [1.29, 1.82) is 0 Å². The molecule has 6 nitrogen and oxygen atoms in total. The van der Waals surface area contributed by atoms with Gasteiger partial charge in [0.05, 0.1) is 0 Å². The number of nitrogen functional groups attached to an aromatic ring is 1. The minimum Gasteiger partial charge on any atom is -0.368 e. The highest BCUT2D eigenvalue weighted by atomic mass is 32.2. The van der Waals surface area contributed by atoms with E-state index in [4.69, 9.17) is 5.73 Å². The lowest BCUT2D eigenvalue weighted by Gasteiger charge is -1.97. The summed E-state index contributed by atoms with van der Waals surface area (Å²) in [6, 6.07) is 3.41. The van der Waals surface area contributed by atoms with Crippen molar-refractivity contribution < 1.29 is 8.78 Å². The Balaban J connectivity index is 2.17. The number of hydrogen-bond acceptors (Lipinski definition) is 6. The van der Waals surface area contributed by atoms with Crippen molar-refractivity contribution in [3.63, 3.8) is 0 Å². The number of halogens is 2. The molecular weight excluding hydrogens is 286 g/mol. The molecule has 0 saturated carbocycles. The number of aromatic nitrogens is 5. The number of fused-ring (bicyclic) bond motifs is 1. The molecule has 0 spiro atoms. The quantitative estimate of drug-likeness (QED) is 0.725. The van der Waals surface area contributed by atoms with Crippen LogP contribution in [0, 0.1) is 11.6 Å². The fraction of sp³-hybridized carbons (Fsp3) is 0.0909. The van der Waals surface area contributed by atoms with Gasteiger partial charge in [0.1, 0.15) is 0 Å². The summed E-state index contributed by atoms with van der Waals surface area (Å²) in [6.07, 6.45) is 1.80. The van der Waals surface area contributed by atoms with Crippen LogP contribution in [0.4, 0.5) is 14.7 Å². The molecule has 3 aromatic rings. The zero-order valence-electron chi connectivity index (χ0n) is 10.2. The van der Waals surface area contributed by atoms with Gasteiger partial charge in [-0.25, -0.2) is 8.78 Å². The van der Waals surface area contributed by atoms with Gasteiger partial charge in [-0.2, -0.15) is 19.5 Å². The van der Waals surface area contributed by atoms with Gasteiger partial charge in [-0.1, -0.05) is 11.8 Å². The summed E-state index contributed by atoms with van der Waals surface area (Å²) >= 11 is 1.31. The summed E-state index contributed by atoms with van der Waals surface area (Å²) in [5.74, 6) is -1.32. The Labute approximate surface area is 116 Å². The van der Waals surface area contributed by atoms with E-state index in [2.05, 4.69) is 20.1 Å². The van der Waals surface area contributed by atoms with Crippen molar-refractivity contribution >= 4 is 23.5 Å². The van der Waals surface area contributed by atoms with Gasteiger partial charge in [-0.05, 0) is 24.5 Å². The SMILES string of the molecule is CSc1nc(N)n2nc(-c3ccc(F)c(F)c3)nc2n1. The molecule has 20 heavy (non-hydrogen) atoms. The molecule has 9 heteroatoms. The smallest absolute Gasteiger partial charge is 0.258 e. The van der Waals surface area contributed by atoms with Gasteiger partial charge < -0.3 is 5.73 Å². The Morgan fingerprint density at radius 1 is 1.15 bits per heavy atom. The van der Waals surface area contributed by atoms with E-state index in [0.717, 1.165) is 12.1 Å². The molecule has 0 amide bonds. The molecule has 0 aliphatic heterocycles. The highest BCUT2D eigenvalue weighted by Gasteiger charge is 2.13. The molecular formula is C11H8F2N6S. The average molecular weight is 294 g/mol. The minimum absolute atomic E-state index is 0.126. The first-order chi connectivity index (χ1) is 9.58. The van der Waals surface area contributed by atoms with Crippen LogP contribution in [0.5, 0.6) is 0 Å². The van der Waals surface area contributed by atoms with E-state index in [0.29, 0.717) is 10.7 Å². The maximum Gasteiger partial charge on any atom is 0.258 e. The molecule has 2 N–H and O–H groups in total. The second kappa shape index (κ2) is 4.67. The van der Waals surface area contributed by atoms with Gasteiger partial charge in [0.2, 0.25) is 5.95 Å². The topological polar surface area (TPSA) is 82.0 Å². The maximum absolute atomic E-state index is 13.2. The molecule has 0 radical (unpaired) electrons. The van der Waals surface area contributed by atoms with Gasteiger partial charge in [-0.3, -0.25) is 0 Å². The molecule has 0 atom stereocenters. The first-order valence-corrected chi connectivity index (χ1v) is 6.70. The largest absolute Gasteiger partial charge is 0.368 e. The molecule has 0 aliphatic carbocycles. The molecule has 0 bridgehead atoms. The Hall–Kier alpha value is -2.29. The van der Waals surface area contributed by atoms with E-state index in [9.17, 15) is 8.78 Å². The van der Waals surface area contributed by atoms with Crippen LogP contribution in [0.2, 0.25) is 0 Å². The molecule has 0 unspecified atom stereocenters. The van der Waals surface area contributed by atoms with Crippen LogP contribution in [0.25, 0.3) is 17.2 Å². The molecule has 2 heterocycles. The van der Waals surface area contributed by atoms with Crippen LogP contribution in [0.3, 0.4) is 0 Å². The maximum atomic E-state index is 13.2.